The van der Waals surface area contributed by atoms with Crippen LogP contribution in [0, 0.1) is 0 Å². The molecule has 1 rings (SSSR count). The van der Waals surface area contributed by atoms with E-state index in [1.807, 2.05) is 24.3 Å². The predicted molar refractivity (Wildman–Crippen MR) is 62.4 cm³/mol. The molecule has 0 atom stereocenters. The van der Waals surface area contributed by atoms with Crippen molar-refractivity contribution in [2.45, 2.75) is 12.8 Å². The number of phenolic OH excluding ortho intramolecular Hbond substituents is 1. The molecule has 1 aromatic rings. The Morgan fingerprint density at radius 3 is 2.62 bits per heavy atom. The van der Waals surface area contributed by atoms with Gasteiger partial charge in [0.05, 0.1) is 3.39 Å². The van der Waals surface area contributed by atoms with Crippen LogP contribution in [-0.2, 0) is 6.42 Å². The Labute approximate surface area is 94.7 Å². The van der Waals surface area contributed by atoms with Gasteiger partial charge in [0.1, 0.15) is 5.75 Å². The molecule has 0 amide bonds. The maximum absolute atomic E-state index is 9.43. The molecule has 0 aromatic heterocycles. The molecule has 0 fully saturated rings. The van der Waals surface area contributed by atoms with Crippen LogP contribution in [0.1, 0.15) is 12.0 Å². The Bertz CT molecular complexity index is 304. The molecule has 1 aromatic carbocycles. The van der Waals surface area contributed by atoms with E-state index in [9.17, 15) is 5.11 Å². The number of benzene rings is 1. The van der Waals surface area contributed by atoms with E-state index in [4.69, 9.17) is 0 Å². The van der Waals surface area contributed by atoms with Crippen molar-refractivity contribution in [2.75, 3.05) is 0 Å². The zero-order valence-corrected chi connectivity index (χ0v) is 10.2. The van der Waals surface area contributed by atoms with E-state index in [1.54, 1.807) is 6.07 Å². The van der Waals surface area contributed by atoms with Crippen molar-refractivity contribution in [2.24, 2.45) is 0 Å². The van der Waals surface area contributed by atoms with E-state index in [0.29, 0.717) is 5.75 Å². The number of hydrogen-bond donors (Lipinski definition) is 1. The molecule has 0 saturated carbocycles. The first-order valence-electron chi connectivity index (χ1n) is 3.98. The summed E-state index contributed by atoms with van der Waals surface area (Å²) in [6.45, 7) is 0. The highest BCUT2D eigenvalue weighted by Gasteiger charge is 1.97. The summed E-state index contributed by atoms with van der Waals surface area (Å²) < 4.78 is 0.954. The summed E-state index contributed by atoms with van der Waals surface area (Å²) in [7, 11) is 0. The summed E-state index contributed by atoms with van der Waals surface area (Å²) in [5.41, 5.74) is 0.986. The average molecular weight is 306 g/mol. The number of phenols is 1. The topological polar surface area (TPSA) is 20.2 Å². The third-order valence-corrected chi connectivity index (χ3v) is 2.35. The van der Waals surface area contributed by atoms with E-state index in [1.165, 1.54) is 0 Å². The lowest BCUT2D eigenvalue weighted by Crippen LogP contribution is -1.83. The second kappa shape index (κ2) is 5.45. The quantitative estimate of drug-likeness (QED) is 0.896. The molecule has 0 saturated heterocycles. The number of hydrogen-bond acceptors (Lipinski definition) is 1. The van der Waals surface area contributed by atoms with Crippen molar-refractivity contribution in [1.82, 2.24) is 0 Å². The Balaban J connectivity index is 2.55. The molecule has 13 heavy (non-hydrogen) atoms. The van der Waals surface area contributed by atoms with Gasteiger partial charge in [-0.15, -0.1) is 0 Å². The molecule has 1 nitrogen and oxygen atoms in total. The first-order chi connectivity index (χ1) is 6.20. The smallest absolute Gasteiger partial charge is 0.118 e. The zero-order chi connectivity index (χ0) is 9.68. The second-order valence-electron chi connectivity index (χ2n) is 2.66. The van der Waals surface area contributed by atoms with Crippen LogP contribution in [0.3, 0.4) is 0 Å². The summed E-state index contributed by atoms with van der Waals surface area (Å²) in [6.07, 6.45) is 3.78. The molecule has 0 spiro atoms. The van der Waals surface area contributed by atoms with Gasteiger partial charge in [-0.05, 0) is 56.3 Å². The van der Waals surface area contributed by atoms with E-state index in [0.717, 1.165) is 21.8 Å². The number of aromatic hydroxyl groups is 1. The molecule has 0 aliphatic rings. The van der Waals surface area contributed by atoms with Crippen LogP contribution < -0.4 is 0 Å². The molecular formula is C10H10Br2O. The number of aryl methyl sites for hydroxylation is 1. The van der Waals surface area contributed by atoms with E-state index < -0.39 is 0 Å². The normalized spacial score (nSPS) is 9.69. The van der Waals surface area contributed by atoms with Crippen LogP contribution in [0.15, 0.2) is 33.7 Å². The van der Waals surface area contributed by atoms with Gasteiger partial charge in [0, 0.05) is 0 Å². The Morgan fingerprint density at radius 1 is 1.31 bits per heavy atom. The van der Waals surface area contributed by atoms with Crippen LogP contribution in [0.25, 0.3) is 0 Å². The molecule has 3 heteroatoms. The highest BCUT2D eigenvalue weighted by atomic mass is 79.9. The van der Waals surface area contributed by atoms with Gasteiger partial charge in [-0.25, -0.2) is 0 Å². The van der Waals surface area contributed by atoms with Gasteiger partial charge < -0.3 is 5.11 Å². The lowest BCUT2D eigenvalue weighted by molar-refractivity contribution is 0.468. The molecular weight excluding hydrogens is 296 g/mol. The lowest BCUT2D eigenvalue weighted by Gasteiger charge is -2.00. The van der Waals surface area contributed by atoms with Crippen LogP contribution in [0.2, 0.25) is 0 Å². The molecule has 70 valence electrons. The first-order valence-corrected chi connectivity index (χ1v) is 5.57. The van der Waals surface area contributed by atoms with Crippen molar-refractivity contribution >= 4 is 31.9 Å². The maximum Gasteiger partial charge on any atom is 0.118 e. The number of allylic oxidation sites excluding steroid dienone is 1. The number of halogens is 2. The second-order valence-corrected chi connectivity index (χ2v) is 5.43. The summed E-state index contributed by atoms with van der Waals surface area (Å²) in [5, 5.41) is 9.43. The van der Waals surface area contributed by atoms with Gasteiger partial charge in [-0.1, -0.05) is 24.3 Å². The van der Waals surface area contributed by atoms with Gasteiger partial charge in [0.25, 0.3) is 0 Å². The van der Waals surface area contributed by atoms with Crippen molar-refractivity contribution in [1.29, 1.82) is 0 Å². The first kappa shape index (κ1) is 10.8. The SMILES string of the molecule is Oc1ccccc1CCC=C(Br)Br. The fraction of sp³-hybridized carbons (Fsp3) is 0.200. The molecule has 1 N–H and O–H groups in total. The van der Waals surface area contributed by atoms with E-state index in [2.05, 4.69) is 31.9 Å². The fourth-order valence-electron chi connectivity index (χ4n) is 1.06. The van der Waals surface area contributed by atoms with Gasteiger partial charge in [0.2, 0.25) is 0 Å². The van der Waals surface area contributed by atoms with Crippen molar-refractivity contribution in [3.8, 4) is 5.75 Å². The van der Waals surface area contributed by atoms with Crippen LogP contribution >= 0.6 is 31.9 Å². The van der Waals surface area contributed by atoms with E-state index >= 15 is 0 Å². The minimum atomic E-state index is 0.376. The van der Waals surface area contributed by atoms with Crippen molar-refractivity contribution < 1.29 is 5.11 Å². The predicted octanol–water partition coefficient (Wildman–Crippen LogP) is 3.96. The van der Waals surface area contributed by atoms with Gasteiger partial charge in [-0.2, -0.15) is 0 Å². The zero-order valence-electron chi connectivity index (χ0n) is 7.00. The van der Waals surface area contributed by atoms with Gasteiger partial charge in [-0.3, -0.25) is 0 Å². The molecule has 0 unspecified atom stereocenters. The molecule has 0 bridgehead atoms. The summed E-state index contributed by atoms with van der Waals surface area (Å²) in [4.78, 5) is 0. The molecule has 0 aliphatic heterocycles. The number of rotatable bonds is 3. The highest BCUT2D eigenvalue weighted by molar-refractivity contribution is 9.28. The monoisotopic (exact) mass is 304 g/mol. The van der Waals surface area contributed by atoms with Crippen LogP contribution in [0.5, 0.6) is 5.75 Å². The Kier molecular flexibility index (Phi) is 4.53. The largest absolute Gasteiger partial charge is 0.508 e. The third kappa shape index (κ3) is 3.96. The number of para-hydroxylation sites is 1. The minimum Gasteiger partial charge on any atom is -0.508 e. The van der Waals surface area contributed by atoms with E-state index in [-0.39, 0.29) is 0 Å². The lowest BCUT2D eigenvalue weighted by atomic mass is 10.1. The summed E-state index contributed by atoms with van der Waals surface area (Å²) >= 11 is 6.56. The molecule has 0 aliphatic carbocycles. The summed E-state index contributed by atoms with van der Waals surface area (Å²) in [5.74, 6) is 0.376. The van der Waals surface area contributed by atoms with Gasteiger partial charge >= 0.3 is 0 Å². The average Bonchev–Trinajstić information content (AvgIpc) is 2.08. The standard InChI is InChI=1S/C10H10Br2O/c11-10(12)7-3-5-8-4-1-2-6-9(8)13/h1-2,4,6-7,13H,3,5H2. The van der Waals surface area contributed by atoms with Crippen LogP contribution in [-0.4, -0.2) is 5.11 Å². The molecule has 0 heterocycles. The Hall–Kier alpha value is -0.280. The summed E-state index contributed by atoms with van der Waals surface area (Å²) in [6, 6.07) is 7.41. The van der Waals surface area contributed by atoms with Crippen molar-refractivity contribution in [3.63, 3.8) is 0 Å². The minimum absolute atomic E-state index is 0.376. The maximum atomic E-state index is 9.43. The van der Waals surface area contributed by atoms with Gasteiger partial charge in [0.15, 0.2) is 0 Å². The Morgan fingerprint density at radius 2 is 2.00 bits per heavy atom. The highest BCUT2D eigenvalue weighted by Crippen LogP contribution is 2.19. The molecule has 0 radical (unpaired) electrons. The third-order valence-electron chi connectivity index (χ3n) is 1.70. The fourth-order valence-corrected chi connectivity index (χ4v) is 1.52. The van der Waals surface area contributed by atoms with Crippen molar-refractivity contribution in [3.05, 3.63) is 39.3 Å². The van der Waals surface area contributed by atoms with Crippen LogP contribution in [0.4, 0.5) is 0 Å².